The molecular weight excluding hydrogens is 210 g/mol. The zero-order valence-electron chi connectivity index (χ0n) is 10.4. The minimum atomic E-state index is 0.149. The lowest BCUT2D eigenvalue weighted by molar-refractivity contribution is 0.590. The van der Waals surface area contributed by atoms with E-state index in [1.165, 1.54) is 42.4 Å². The summed E-state index contributed by atoms with van der Waals surface area (Å²) in [6, 6.07) is 2.21. The predicted molar refractivity (Wildman–Crippen MR) is 70.2 cm³/mol. The van der Waals surface area contributed by atoms with Gasteiger partial charge in [-0.05, 0) is 49.8 Å². The molecule has 1 aromatic heterocycles. The van der Waals surface area contributed by atoms with E-state index in [4.69, 9.17) is 5.84 Å². The van der Waals surface area contributed by atoms with Crippen molar-refractivity contribution in [2.75, 3.05) is 0 Å². The molecule has 1 aliphatic carbocycles. The van der Waals surface area contributed by atoms with Crippen LogP contribution in [0.25, 0.3) is 0 Å². The van der Waals surface area contributed by atoms with E-state index in [0.29, 0.717) is 0 Å². The molecule has 0 saturated heterocycles. The van der Waals surface area contributed by atoms with Crippen molar-refractivity contribution in [1.82, 2.24) is 10.4 Å². The van der Waals surface area contributed by atoms with Gasteiger partial charge in [0.25, 0.3) is 0 Å². The number of nitrogens with zero attached hydrogens (tertiary/aromatic N) is 1. The van der Waals surface area contributed by atoms with Crippen molar-refractivity contribution in [3.63, 3.8) is 0 Å². The van der Waals surface area contributed by atoms with Crippen LogP contribution in [0.2, 0.25) is 0 Å². The Morgan fingerprint density at radius 3 is 3.00 bits per heavy atom. The predicted octanol–water partition coefficient (Wildman–Crippen LogP) is 2.78. The van der Waals surface area contributed by atoms with E-state index < -0.39 is 0 Å². The molecule has 3 N–H and O–H groups in total. The first-order valence-electron chi connectivity index (χ1n) is 6.38. The molecule has 1 atom stereocenters. The summed E-state index contributed by atoms with van der Waals surface area (Å²) in [6.45, 7) is 2.09. The first-order valence-corrected chi connectivity index (χ1v) is 6.38. The molecule has 0 aromatic carbocycles. The first kappa shape index (κ1) is 12.3. The molecule has 0 amide bonds. The molecule has 0 spiro atoms. The van der Waals surface area contributed by atoms with Crippen molar-refractivity contribution in [2.24, 2.45) is 5.84 Å². The number of nitrogens with one attached hydrogen (secondary N) is 1. The quantitative estimate of drug-likeness (QED) is 0.478. The molecule has 1 aromatic rings. The van der Waals surface area contributed by atoms with E-state index in [9.17, 15) is 0 Å². The van der Waals surface area contributed by atoms with Gasteiger partial charge in [0.2, 0.25) is 0 Å². The van der Waals surface area contributed by atoms with Crippen LogP contribution in [0.3, 0.4) is 0 Å². The Balaban J connectivity index is 2.26. The van der Waals surface area contributed by atoms with Gasteiger partial charge in [0.1, 0.15) is 0 Å². The number of hydrazine groups is 1. The van der Waals surface area contributed by atoms with Gasteiger partial charge in [0, 0.05) is 12.4 Å². The van der Waals surface area contributed by atoms with E-state index >= 15 is 0 Å². The molecule has 3 nitrogen and oxygen atoms in total. The third-order valence-corrected chi connectivity index (χ3v) is 3.49. The lowest BCUT2D eigenvalue weighted by Crippen LogP contribution is -2.30. The highest BCUT2D eigenvalue weighted by Crippen LogP contribution is 2.29. The maximum atomic E-state index is 5.74. The second-order valence-corrected chi connectivity index (χ2v) is 4.71. The zero-order chi connectivity index (χ0) is 12.1. The molecule has 0 radical (unpaired) electrons. The second kappa shape index (κ2) is 5.94. The van der Waals surface area contributed by atoms with E-state index in [2.05, 4.69) is 29.5 Å². The molecule has 1 heterocycles. The van der Waals surface area contributed by atoms with Gasteiger partial charge in [-0.3, -0.25) is 10.8 Å². The number of aromatic nitrogens is 1. The first-order chi connectivity index (χ1) is 8.33. The van der Waals surface area contributed by atoms with Gasteiger partial charge < -0.3 is 0 Å². The Morgan fingerprint density at radius 2 is 2.24 bits per heavy atom. The summed E-state index contributed by atoms with van der Waals surface area (Å²) in [5.41, 5.74) is 6.83. The van der Waals surface area contributed by atoms with E-state index in [0.717, 1.165) is 6.42 Å². The fourth-order valence-corrected chi connectivity index (χ4v) is 2.51. The van der Waals surface area contributed by atoms with Crippen LogP contribution < -0.4 is 11.3 Å². The maximum Gasteiger partial charge on any atom is 0.0673 e. The lowest BCUT2D eigenvalue weighted by atomic mass is 9.94. The molecule has 1 unspecified atom stereocenters. The van der Waals surface area contributed by atoms with Gasteiger partial charge in [-0.15, -0.1) is 0 Å². The number of aryl methyl sites for hydroxylation is 1. The van der Waals surface area contributed by atoms with Crippen LogP contribution in [-0.4, -0.2) is 4.98 Å². The van der Waals surface area contributed by atoms with Crippen LogP contribution in [0.1, 0.15) is 49.3 Å². The van der Waals surface area contributed by atoms with Crippen molar-refractivity contribution in [1.29, 1.82) is 0 Å². The van der Waals surface area contributed by atoms with E-state index in [1.54, 1.807) is 0 Å². The summed E-state index contributed by atoms with van der Waals surface area (Å²) < 4.78 is 0. The highest BCUT2D eigenvalue weighted by atomic mass is 15.2. The molecule has 0 saturated carbocycles. The standard InChI is InChI=1S/C14H21N3/c1-11-10-16-9-8-13(11)14(17-15)12-6-4-2-3-5-7-12/h6,8-10,14,17H,2-5,7,15H2,1H3. The normalized spacial score (nSPS) is 18.4. The second-order valence-electron chi connectivity index (χ2n) is 4.71. The maximum absolute atomic E-state index is 5.74. The summed E-state index contributed by atoms with van der Waals surface area (Å²) in [5.74, 6) is 5.74. The largest absolute Gasteiger partial charge is 0.271 e. The van der Waals surface area contributed by atoms with Gasteiger partial charge in [-0.1, -0.05) is 18.1 Å². The van der Waals surface area contributed by atoms with Gasteiger partial charge in [-0.2, -0.15) is 0 Å². The van der Waals surface area contributed by atoms with Crippen molar-refractivity contribution >= 4 is 0 Å². The molecule has 92 valence electrons. The van der Waals surface area contributed by atoms with Crippen molar-refractivity contribution in [3.8, 4) is 0 Å². The third kappa shape index (κ3) is 2.93. The Morgan fingerprint density at radius 1 is 1.35 bits per heavy atom. The molecule has 17 heavy (non-hydrogen) atoms. The molecule has 0 bridgehead atoms. The van der Waals surface area contributed by atoms with Crippen LogP contribution in [0.5, 0.6) is 0 Å². The van der Waals surface area contributed by atoms with Crippen LogP contribution in [0.15, 0.2) is 30.1 Å². The summed E-state index contributed by atoms with van der Waals surface area (Å²) in [7, 11) is 0. The molecule has 0 aliphatic heterocycles. The summed E-state index contributed by atoms with van der Waals surface area (Å²) in [6.07, 6.45) is 12.3. The van der Waals surface area contributed by atoms with Crippen LogP contribution in [0, 0.1) is 6.92 Å². The molecule has 0 fully saturated rings. The number of allylic oxidation sites excluding steroid dienone is 1. The Kier molecular flexibility index (Phi) is 4.29. The van der Waals surface area contributed by atoms with Crippen molar-refractivity contribution in [3.05, 3.63) is 41.2 Å². The van der Waals surface area contributed by atoms with Crippen molar-refractivity contribution in [2.45, 2.75) is 45.1 Å². The molecule has 3 heteroatoms. The lowest BCUT2D eigenvalue weighted by Gasteiger charge is -2.21. The fraction of sp³-hybridized carbons (Fsp3) is 0.500. The van der Waals surface area contributed by atoms with E-state index in [1.807, 2.05) is 12.4 Å². The number of pyridine rings is 1. The minimum absolute atomic E-state index is 0.149. The summed E-state index contributed by atoms with van der Waals surface area (Å²) in [5, 5.41) is 0. The summed E-state index contributed by atoms with van der Waals surface area (Å²) in [4.78, 5) is 4.14. The zero-order valence-corrected chi connectivity index (χ0v) is 10.4. The van der Waals surface area contributed by atoms with Crippen LogP contribution >= 0.6 is 0 Å². The topological polar surface area (TPSA) is 50.9 Å². The molecular formula is C14H21N3. The third-order valence-electron chi connectivity index (χ3n) is 3.49. The average Bonchev–Trinajstić information content (AvgIpc) is 2.62. The SMILES string of the molecule is Cc1cnccc1C(NN)C1=CCCCCC1. The number of nitrogens with two attached hydrogens (primary N) is 1. The Labute approximate surface area is 103 Å². The smallest absolute Gasteiger partial charge is 0.0673 e. The highest BCUT2D eigenvalue weighted by Gasteiger charge is 2.17. The number of rotatable bonds is 3. The monoisotopic (exact) mass is 231 g/mol. The summed E-state index contributed by atoms with van der Waals surface area (Å²) >= 11 is 0. The van der Waals surface area contributed by atoms with Gasteiger partial charge in [-0.25, -0.2) is 5.43 Å². The highest BCUT2D eigenvalue weighted by molar-refractivity contribution is 5.32. The van der Waals surface area contributed by atoms with Gasteiger partial charge in [0.05, 0.1) is 6.04 Å². The minimum Gasteiger partial charge on any atom is -0.271 e. The van der Waals surface area contributed by atoms with Crippen LogP contribution in [-0.2, 0) is 0 Å². The fourth-order valence-electron chi connectivity index (χ4n) is 2.51. The molecule has 1 aliphatic rings. The van der Waals surface area contributed by atoms with Crippen LogP contribution in [0.4, 0.5) is 0 Å². The Bertz CT molecular complexity index is 398. The van der Waals surface area contributed by atoms with Gasteiger partial charge in [0.15, 0.2) is 0 Å². The Hall–Kier alpha value is -1.19. The molecule has 2 rings (SSSR count). The van der Waals surface area contributed by atoms with E-state index in [-0.39, 0.29) is 6.04 Å². The van der Waals surface area contributed by atoms with Gasteiger partial charge >= 0.3 is 0 Å². The van der Waals surface area contributed by atoms with Crippen molar-refractivity contribution < 1.29 is 0 Å². The number of hydrogen-bond acceptors (Lipinski definition) is 3. The number of hydrogen-bond donors (Lipinski definition) is 2. The average molecular weight is 231 g/mol.